The van der Waals surface area contributed by atoms with Crippen LogP contribution in [0.15, 0.2) is 52.9 Å². The Kier molecular flexibility index (Phi) is 4.96. The molecule has 2 heterocycles. The molecule has 0 spiro atoms. The summed E-state index contributed by atoms with van der Waals surface area (Å²) in [6, 6.07) is 8.62. The third-order valence-electron chi connectivity index (χ3n) is 2.50. The van der Waals surface area contributed by atoms with E-state index in [0.29, 0.717) is 11.4 Å². The van der Waals surface area contributed by atoms with Gasteiger partial charge in [-0.05, 0) is 24.3 Å². The highest BCUT2D eigenvalue weighted by Crippen LogP contribution is 2.17. The number of hydrogen-bond donors (Lipinski definition) is 2. The Bertz CT molecular complexity index is 689. The number of nitrogens with zero attached hydrogens (tertiary/aromatic N) is 2. The van der Waals surface area contributed by atoms with Gasteiger partial charge < -0.3 is 15.1 Å². The van der Waals surface area contributed by atoms with Gasteiger partial charge in [0.05, 0.1) is 18.5 Å². The number of pyridine rings is 1. The van der Waals surface area contributed by atoms with E-state index in [1.54, 1.807) is 30.5 Å². The maximum Gasteiger partial charge on any atom is 0.263 e. The summed E-state index contributed by atoms with van der Waals surface area (Å²) < 4.78 is 5.08. The van der Waals surface area contributed by atoms with E-state index in [0.717, 1.165) is 0 Å². The molecule has 0 aliphatic heterocycles. The molecule has 0 unspecified atom stereocenters. The zero-order valence-electron chi connectivity index (χ0n) is 10.8. The first-order chi connectivity index (χ1) is 10.2. The standard InChI is InChI=1S/C14H11ClN4O2/c15-13-12(4-1-5-17-13)18-8-10(7-16)14(20)19-9-11-3-2-6-21-11/h1-6,8,18H,9H2,(H,19,20)/b10-8-. The lowest BCUT2D eigenvalue weighted by molar-refractivity contribution is -0.117. The Morgan fingerprint density at radius 2 is 2.33 bits per heavy atom. The second-order valence-corrected chi connectivity index (χ2v) is 4.28. The summed E-state index contributed by atoms with van der Waals surface area (Å²) in [5, 5.41) is 14.6. The van der Waals surface area contributed by atoms with Crippen LogP contribution in [0.4, 0.5) is 5.69 Å². The molecule has 2 aromatic rings. The molecule has 0 aliphatic rings. The number of carbonyl (C=O) groups excluding carboxylic acids is 1. The van der Waals surface area contributed by atoms with Gasteiger partial charge in [-0.2, -0.15) is 5.26 Å². The lowest BCUT2D eigenvalue weighted by Crippen LogP contribution is -2.24. The fourth-order valence-electron chi connectivity index (χ4n) is 1.47. The highest BCUT2D eigenvalue weighted by Gasteiger charge is 2.09. The van der Waals surface area contributed by atoms with E-state index in [2.05, 4.69) is 15.6 Å². The second-order valence-electron chi connectivity index (χ2n) is 3.92. The molecule has 2 N–H and O–H groups in total. The highest BCUT2D eigenvalue weighted by atomic mass is 35.5. The summed E-state index contributed by atoms with van der Waals surface area (Å²) in [7, 11) is 0. The van der Waals surface area contributed by atoms with Gasteiger partial charge in [-0.25, -0.2) is 4.98 Å². The largest absolute Gasteiger partial charge is 0.467 e. The minimum atomic E-state index is -0.513. The molecule has 6 nitrogen and oxygen atoms in total. The number of amides is 1. The van der Waals surface area contributed by atoms with Crippen molar-refractivity contribution in [2.45, 2.75) is 6.54 Å². The SMILES string of the molecule is N#C/C(=C/Nc1cccnc1Cl)C(=O)NCc1ccco1. The topological polar surface area (TPSA) is 91.0 Å². The number of furan rings is 1. The number of nitrogens with one attached hydrogen (secondary N) is 2. The molecule has 2 aromatic heterocycles. The molecule has 0 saturated carbocycles. The monoisotopic (exact) mass is 302 g/mol. The average molecular weight is 303 g/mol. The molecule has 0 atom stereocenters. The number of rotatable bonds is 5. The highest BCUT2D eigenvalue weighted by molar-refractivity contribution is 6.32. The number of halogens is 1. The van der Waals surface area contributed by atoms with Crippen molar-refractivity contribution in [1.29, 1.82) is 5.26 Å². The van der Waals surface area contributed by atoms with Crippen molar-refractivity contribution in [3.05, 3.63) is 59.4 Å². The van der Waals surface area contributed by atoms with E-state index in [-0.39, 0.29) is 17.3 Å². The van der Waals surface area contributed by atoms with Gasteiger partial charge in [0.25, 0.3) is 5.91 Å². The molecule has 0 fully saturated rings. The molecular weight excluding hydrogens is 292 g/mol. The molecular formula is C14H11ClN4O2. The van der Waals surface area contributed by atoms with Gasteiger partial charge in [-0.3, -0.25) is 4.79 Å². The van der Waals surface area contributed by atoms with Crippen LogP contribution in [0.1, 0.15) is 5.76 Å². The van der Waals surface area contributed by atoms with Crippen molar-refractivity contribution < 1.29 is 9.21 Å². The minimum Gasteiger partial charge on any atom is -0.467 e. The normalized spacial score (nSPS) is 10.8. The fraction of sp³-hybridized carbons (Fsp3) is 0.0714. The predicted molar refractivity (Wildman–Crippen MR) is 77.1 cm³/mol. The molecule has 21 heavy (non-hydrogen) atoms. The van der Waals surface area contributed by atoms with Crippen LogP contribution in [0.25, 0.3) is 0 Å². The number of aromatic nitrogens is 1. The zero-order valence-corrected chi connectivity index (χ0v) is 11.6. The predicted octanol–water partition coefficient (Wildman–Crippen LogP) is 2.46. The summed E-state index contributed by atoms with van der Waals surface area (Å²) in [6.07, 6.45) is 4.33. The summed E-state index contributed by atoms with van der Waals surface area (Å²) in [5.41, 5.74) is 0.423. The van der Waals surface area contributed by atoms with Crippen LogP contribution in [-0.4, -0.2) is 10.9 Å². The Hall–Kier alpha value is -2.78. The van der Waals surface area contributed by atoms with Crippen LogP contribution in [-0.2, 0) is 11.3 Å². The second kappa shape index (κ2) is 7.12. The average Bonchev–Trinajstić information content (AvgIpc) is 3.01. The van der Waals surface area contributed by atoms with E-state index in [4.69, 9.17) is 21.3 Å². The Morgan fingerprint density at radius 3 is 3.00 bits per heavy atom. The van der Waals surface area contributed by atoms with Gasteiger partial charge in [0, 0.05) is 12.4 Å². The number of hydrogen-bond acceptors (Lipinski definition) is 5. The summed E-state index contributed by atoms with van der Waals surface area (Å²) in [5.74, 6) is 0.0883. The number of carbonyl (C=O) groups is 1. The summed E-state index contributed by atoms with van der Waals surface area (Å²) in [6.45, 7) is 0.207. The molecule has 0 bridgehead atoms. The fourth-order valence-corrected chi connectivity index (χ4v) is 1.64. The van der Waals surface area contributed by atoms with Crippen LogP contribution in [0.2, 0.25) is 5.15 Å². The minimum absolute atomic E-state index is 0.0820. The maximum absolute atomic E-state index is 11.8. The molecule has 0 radical (unpaired) electrons. The van der Waals surface area contributed by atoms with Gasteiger partial charge in [-0.1, -0.05) is 11.6 Å². The van der Waals surface area contributed by atoms with E-state index >= 15 is 0 Å². The molecule has 106 valence electrons. The Labute approximate surface area is 126 Å². The quantitative estimate of drug-likeness (QED) is 0.503. The van der Waals surface area contributed by atoms with Crippen LogP contribution < -0.4 is 10.6 Å². The van der Waals surface area contributed by atoms with Crippen molar-refractivity contribution in [2.24, 2.45) is 0 Å². The number of anilines is 1. The smallest absolute Gasteiger partial charge is 0.263 e. The van der Waals surface area contributed by atoms with Crippen molar-refractivity contribution in [2.75, 3.05) is 5.32 Å². The lowest BCUT2D eigenvalue weighted by Gasteiger charge is -2.04. The van der Waals surface area contributed by atoms with Crippen molar-refractivity contribution in [3.63, 3.8) is 0 Å². The Morgan fingerprint density at radius 1 is 1.48 bits per heavy atom. The lowest BCUT2D eigenvalue weighted by atomic mass is 10.3. The summed E-state index contributed by atoms with van der Waals surface area (Å²) >= 11 is 5.86. The van der Waals surface area contributed by atoms with Gasteiger partial charge >= 0.3 is 0 Å². The molecule has 0 aliphatic carbocycles. The van der Waals surface area contributed by atoms with Crippen molar-refractivity contribution in [1.82, 2.24) is 10.3 Å². The van der Waals surface area contributed by atoms with Crippen LogP contribution in [0, 0.1) is 11.3 Å². The Balaban J connectivity index is 1.98. The van der Waals surface area contributed by atoms with E-state index in [1.165, 1.54) is 12.5 Å². The first kappa shape index (κ1) is 14.6. The van der Waals surface area contributed by atoms with Crippen LogP contribution in [0.5, 0.6) is 0 Å². The third-order valence-corrected chi connectivity index (χ3v) is 2.80. The van der Waals surface area contributed by atoms with E-state index < -0.39 is 5.91 Å². The molecule has 1 amide bonds. The number of nitriles is 1. The van der Waals surface area contributed by atoms with Gasteiger partial charge in [-0.15, -0.1) is 0 Å². The molecule has 2 rings (SSSR count). The van der Waals surface area contributed by atoms with Gasteiger partial charge in [0.15, 0.2) is 5.15 Å². The third kappa shape index (κ3) is 4.09. The van der Waals surface area contributed by atoms with Gasteiger partial charge in [0.2, 0.25) is 0 Å². The van der Waals surface area contributed by atoms with Crippen LogP contribution in [0.3, 0.4) is 0 Å². The van der Waals surface area contributed by atoms with Crippen LogP contribution >= 0.6 is 11.6 Å². The maximum atomic E-state index is 11.8. The zero-order chi connectivity index (χ0) is 15.1. The van der Waals surface area contributed by atoms with E-state index in [1.807, 2.05) is 6.07 Å². The molecule has 0 saturated heterocycles. The first-order valence-corrected chi connectivity index (χ1v) is 6.36. The summed E-state index contributed by atoms with van der Waals surface area (Å²) in [4.78, 5) is 15.7. The molecule has 7 heteroatoms. The first-order valence-electron chi connectivity index (χ1n) is 5.98. The molecule has 0 aromatic carbocycles. The van der Waals surface area contributed by atoms with E-state index in [9.17, 15) is 4.79 Å². The van der Waals surface area contributed by atoms with Crippen molar-refractivity contribution in [3.8, 4) is 6.07 Å². The van der Waals surface area contributed by atoms with Gasteiger partial charge in [0.1, 0.15) is 17.4 Å². The van der Waals surface area contributed by atoms with Crippen molar-refractivity contribution >= 4 is 23.2 Å².